The molecule has 2 heterocycles. The molecule has 1 aromatic rings. The molecule has 0 bridgehead atoms. The maximum Gasteiger partial charge on any atom is 0.233 e. The third kappa shape index (κ3) is 3.29. The van der Waals surface area contributed by atoms with Gasteiger partial charge in [-0.15, -0.1) is 0 Å². The second-order valence-corrected chi connectivity index (χ2v) is 4.71. The summed E-state index contributed by atoms with van der Waals surface area (Å²) >= 11 is 3.45. The number of hydrogen-bond acceptors (Lipinski definition) is 5. The SMILES string of the molecule is CCNc1ncnc(OCC2CCOC2)c1Br. The molecule has 6 heteroatoms. The van der Waals surface area contributed by atoms with E-state index in [1.165, 1.54) is 6.33 Å². The van der Waals surface area contributed by atoms with Crippen LogP contribution >= 0.6 is 15.9 Å². The summed E-state index contributed by atoms with van der Waals surface area (Å²) in [6.45, 7) is 5.09. The highest BCUT2D eigenvalue weighted by Gasteiger charge is 2.17. The molecule has 0 aromatic carbocycles. The van der Waals surface area contributed by atoms with Gasteiger partial charge in [0.2, 0.25) is 5.88 Å². The summed E-state index contributed by atoms with van der Waals surface area (Å²) in [5.41, 5.74) is 0. The van der Waals surface area contributed by atoms with Gasteiger partial charge in [-0.25, -0.2) is 9.97 Å². The molecule has 1 aliphatic rings. The van der Waals surface area contributed by atoms with Gasteiger partial charge < -0.3 is 14.8 Å². The van der Waals surface area contributed by atoms with E-state index in [1.807, 2.05) is 6.92 Å². The average molecular weight is 302 g/mol. The number of anilines is 1. The van der Waals surface area contributed by atoms with Gasteiger partial charge in [0.15, 0.2) is 0 Å². The molecule has 94 valence electrons. The third-order valence-electron chi connectivity index (χ3n) is 2.58. The molecular weight excluding hydrogens is 286 g/mol. The molecule has 1 N–H and O–H groups in total. The van der Waals surface area contributed by atoms with Gasteiger partial charge in [-0.1, -0.05) is 0 Å². The van der Waals surface area contributed by atoms with Crippen molar-refractivity contribution >= 4 is 21.7 Å². The molecule has 1 saturated heterocycles. The summed E-state index contributed by atoms with van der Waals surface area (Å²) < 4.78 is 11.8. The Balaban J connectivity index is 1.97. The second-order valence-electron chi connectivity index (χ2n) is 3.91. The first kappa shape index (κ1) is 12.6. The molecule has 2 rings (SSSR count). The fraction of sp³-hybridized carbons (Fsp3) is 0.636. The Morgan fingerprint density at radius 2 is 2.47 bits per heavy atom. The number of aromatic nitrogens is 2. The minimum atomic E-state index is 0.472. The summed E-state index contributed by atoms with van der Waals surface area (Å²) in [7, 11) is 0. The van der Waals surface area contributed by atoms with Crippen molar-refractivity contribution in [1.29, 1.82) is 0 Å². The number of hydrogen-bond donors (Lipinski definition) is 1. The van der Waals surface area contributed by atoms with E-state index in [2.05, 4.69) is 31.2 Å². The quantitative estimate of drug-likeness (QED) is 0.902. The van der Waals surface area contributed by atoms with Crippen LogP contribution in [0.15, 0.2) is 10.8 Å². The molecule has 1 aliphatic heterocycles. The number of halogens is 1. The van der Waals surface area contributed by atoms with E-state index < -0.39 is 0 Å². The minimum absolute atomic E-state index is 0.472. The first-order valence-electron chi connectivity index (χ1n) is 5.76. The summed E-state index contributed by atoms with van der Waals surface area (Å²) in [6.07, 6.45) is 2.56. The van der Waals surface area contributed by atoms with Crippen molar-refractivity contribution in [2.75, 3.05) is 31.7 Å². The van der Waals surface area contributed by atoms with Gasteiger partial charge in [0.1, 0.15) is 16.6 Å². The molecule has 5 nitrogen and oxygen atoms in total. The van der Waals surface area contributed by atoms with Crippen LogP contribution in [-0.2, 0) is 4.74 Å². The van der Waals surface area contributed by atoms with Crippen LogP contribution in [0.1, 0.15) is 13.3 Å². The average Bonchev–Trinajstić information content (AvgIpc) is 2.83. The van der Waals surface area contributed by atoms with E-state index in [1.54, 1.807) is 0 Å². The molecule has 1 aromatic heterocycles. The molecular formula is C11H16BrN3O2. The van der Waals surface area contributed by atoms with Gasteiger partial charge in [0.25, 0.3) is 0 Å². The zero-order valence-corrected chi connectivity index (χ0v) is 11.4. The predicted octanol–water partition coefficient (Wildman–Crippen LogP) is 2.09. The second kappa shape index (κ2) is 6.16. The highest BCUT2D eigenvalue weighted by atomic mass is 79.9. The van der Waals surface area contributed by atoms with E-state index in [0.717, 1.165) is 36.5 Å². The lowest BCUT2D eigenvalue weighted by atomic mass is 10.1. The lowest BCUT2D eigenvalue weighted by Crippen LogP contribution is -2.13. The standard InChI is InChI=1S/C11H16BrN3O2/c1-2-13-10-9(12)11(15-7-14-10)17-6-8-3-4-16-5-8/h7-8H,2-6H2,1H3,(H,13,14,15). The molecule has 1 atom stereocenters. The molecule has 0 spiro atoms. The Hall–Kier alpha value is -0.880. The first-order chi connectivity index (χ1) is 8.31. The monoisotopic (exact) mass is 301 g/mol. The van der Waals surface area contributed by atoms with Crippen molar-refractivity contribution in [1.82, 2.24) is 9.97 Å². The Morgan fingerprint density at radius 1 is 1.59 bits per heavy atom. The Labute approximate surface area is 109 Å². The van der Waals surface area contributed by atoms with Crippen LogP contribution in [0.4, 0.5) is 5.82 Å². The smallest absolute Gasteiger partial charge is 0.233 e. The highest BCUT2D eigenvalue weighted by molar-refractivity contribution is 9.10. The Kier molecular flexibility index (Phi) is 4.56. The Morgan fingerprint density at radius 3 is 3.18 bits per heavy atom. The van der Waals surface area contributed by atoms with Crippen molar-refractivity contribution in [2.45, 2.75) is 13.3 Å². The number of nitrogens with zero attached hydrogens (tertiary/aromatic N) is 2. The molecule has 0 aliphatic carbocycles. The molecule has 1 fully saturated rings. The van der Waals surface area contributed by atoms with E-state index in [9.17, 15) is 0 Å². The van der Waals surface area contributed by atoms with Crippen LogP contribution < -0.4 is 10.1 Å². The fourth-order valence-electron chi connectivity index (χ4n) is 1.66. The molecule has 0 saturated carbocycles. The van der Waals surface area contributed by atoms with Crippen molar-refractivity contribution in [3.63, 3.8) is 0 Å². The lowest BCUT2D eigenvalue weighted by molar-refractivity contribution is 0.165. The van der Waals surface area contributed by atoms with Crippen molar-refractivity contribution < 1.29 is 9.47 Å². The number of nitrogens with one attached hydrogen (secondary N) is 1. The zero-order valence-electron chi connectivity index (χ0n) is 9.78. The van der Waals surface area contributed by atoms with Gasteiger partial charge in [0.05, 0.1) is 13.2 Å². The van der Waals surface area contributed by atoms with E-state index in [0.29, 0.717) is 18.4 Å². The zero-order chi connectivity index (χ0) is 12.1. The van der Waals surface area contributed by atoms with Crippen LogP contribution in [-0.4, -0.2) is 36.3 Å². The topological polar surface area (TPSA) is 56.3 Å². The van der Waals surface area contributed by atoms with Gasteiger partial charge >= 0.3 is 0 Å². The summed E-state index contributed by atoms with van der Waals surface area (Å²) in [6, 6.07) is 0. The van der Waals surface area contributed by atoms with Crippen LogP contribution in [0.25, 0.3) is 0 Å². The van der Waals surface area contributed by atoms with Crippen molar-refractivity contribution in [2.24, 2.45) is 5.92 Å². The van der Waals surface area contributed by atoms with Crippen LogP contribution in [0, 0.1) is 5.92 Å². The Bertz CT molecular complexity index is 370. The van der Waals surface area contributed by atoms with Gasteiger partial charge in [-0.05, 0) is 29.3 Å². The predicted molar refractivity (Wildman–Crippen MR) is 68.3 cm³/mol. The lowest BCUT2D eigenvalue weighted by Gasteiger charge is -2.12. The van der Waals surface area contributed by atoms with E-state index in [-0.39, 0.29) is 0 Å². The highest BCUT2D eigenvalue weighted by Crippen LogP contribution is 2.28. The normalized spacial score (nSPS) is 19.3. The molecule has 0 radical (unpaired) electrons. The van der Waals surface area contributed by atoms with E-state index in [4.69, 9.17) is 9.47 Å². The minimum Gasteiger partial charge on any atom is -0.476 e. The van der Waals surface area contributed by atoms with Crippen LogP contribution in [0.3, 0.4) is 0 Å². The maximum atomic E-state index is 5.69. The summed E-state index contributed by atoms with van der Waals surface area (Å²) in [5.74, 6) is 1.82. The van der Waals surface area contributed by atoms with E-state index >= 15 is 0 Å². The van der Waals surface area contributed by atoms with Gasteiger partial charge in [0, 0.05) is 19.1 Å². The van der Waals surface area contributed by atoms with Crippen LogP contribution in [0.2, 0.25) is 0 Å². The van der Waals surface area contributed by atoms with Crippen molar-refractivity contribution in [3.8, 4) is 5.88 Å². The first-order valence-corrected chi connectivity index (χ1v) is 6.55. The third-order valence-corrected chi connectivity index (χ3v) is 3.30. The fourth-order valence-corrected chi connectivity index (χ4v) is 2.12. The van der Waals surface area contributed by atoms with Gasteiger partial charge in [-0.2, -0.15) is 0 Å². The molecule has 0 amide bonds. The van der Waals surface area contributed by atoms with Crippen LogP contribution in [0.5, 0.6) is 5.88 Å². The summed E-state index contributed by atoms with van der Waals surface area (Å²) in [5, 5.41) is 3.14. The molecule has 1 unspecified atom stereocenters. The maximum absolute atomic E-state index is 5.69. The molecule has 17 heavy (non-hydrogen) atoms. The summed E-state index contributed by atoms with van der Waals surface area (Å²) in [4.78, 5) is 8.26. The number of ether oxygens (including phenoxy) is 2. The number of rotatable bonds is 5. The van der Waals surface area contributed by atoms with Crippen molar-refractivity contribution in [3.05, 3.63) is 10.8 Å². The largest absolute Gasteiger partial charge is 0.476 e. The van der Waals surface area contributed by atoms with Gasteiger partial charge in [-0.3, -0.25) is 0 Å².